The van der Waals surface area contributed by atoms with Crippen molar-refractivity contribution in [1.29, 1.82) is 0 Å². The Morgan fingerprint density at radius 2 is 1.79 bits per heavy atom. The van der Waals surface area contributed by atoms with Crippen LogP contribution in [0.4, 0.5) is 13.2 Å². The topological polar surface area (TPSA) is 20.2 Å². The number of fused-ring (bicyclic) bond motifs is 2. The zero-order valence-corrected chi connectivity index (χ0v) is 10.6. The number of halogens is 3. The van der Waals surface area contributed by atoms with Crippen molar-refractivity contribution in [2.45, 2.75) is 38.2 Å². The van der Waals surface area contributed by atoms with E-state index < -0.39 is 23.6 Å². The van der Waals surface area contributed by atoms with Gasteiger partial charge in [0.15, 0.2) is 17.5 Å². The largest absolute Gasteiger partial charge is 0.388 e. The van der Waals surface area contributed by atoms with Crippen molar-refractivity contribution < 1.29 is 18.3 Å². The number of hydrogen-bond donors (Lipinski definition) is 1. The molecule has 2 fully saturated rings. The Morgan fingerprint density at radius 1 is 1.11 bits per heavy atom. The van der Waals surface area contributed by atoms with Gasteiger partial charge < -0.3 is 5.11 Å². The monoisotopic (exact) mass is 270 g/mol. The fraction of sp³-hybridized carbons (Fsp3) is 0.600. The van der Waals surface area contributed by atoms with Gasteiger partial charge in [-0.1, -0.05) is 6.42 Å². The van der Waals surface area contributed by atoms with E-state index in [2.05, 4.69) is 0 Å². The SMILES string of the molecule is OC(CC1CC2CCC1C2)c1cc(F)c(F)c(F)c1. The normalized spacial score (nSPS) is 30.8. The Hall–Kier alpha value is -1.03. The maximum atomic E-state index is 13.1. The lowest BCUT2D eigenvalue weighted by Gasteiger charge is -2.24. The van der Waals surface area contributed by atoms with Gasteiger partial charge in [0.1, 0.15) is 0 Å². The molecule has 1 N–H and O–H groups in total. The van der Waals surface area contributed by atoms with Crippen molar-refractivity contribution in [2.75, 3.05) is 0 Å². The van der Waals surface area contributed by atoms with Crippen molar-refractivity contribution in [3.8, 4) is 0 Å². The summed E-state index contributed by atoms with van der Waals surface area (Å²) in [6.07, 6.45) is 4.42. The number of aliphatic hydroxyl groups is 1. The van der Waals surface area contributed by atoms with Crippen LogP contribution in [-0.4, -0.2) is 5.11 Å². The molecule has 2 aliphatic rings. The third kappa shape index (κ3) is 2.38. The second kappa shape index (κ2) is 4.82. The molecule has 2 saturated carbocycles. The Kier molecular flexibility index (Phi) is 3.29. The first-order chi connectivity index (χ1) is 9.04. The number of rotatable bonds is 3. The molecule has 0 heterocycles. The highest BCUT2D eigenvalue weighted by molar-refractivity contribution is 5.21. The maximum Gasteiger partial charge on any atom is 0.194 e. The van der Waals surface area contributed by atoms with Crippen LogP contribution >= 0.6 is 0 Å². The minimum Gasteiger partial charge on any atom is -0.388 e. The van der Waals surface area contributed by atoms with E-state index in [1.54, 1.807) is 0 Å². The van der Waals surface area contributed by atoms with E-state index >= 15 is 0 Å². The van der Waals surface area contributed by atoms with Gasteiger partial charge in [0.25, 0.3) is 0 Å². The zero-order valence-electron chi connectivity index (χ0n) is 10.6. The molecule has 19 heavy (non-hydrogen) atoms. The third-order valence-electron chi connectivity index (χ3n) is 4.80. The lowest BCUT2D eigenvalue weighted by molar-refractivity contribution is 0.124. The van der Waals surface area contributed by atoms with Crippen LogP contribution in [0.1, 0.15) is 43.8 Å². The quantitative estimate of drug-likeness (QED) is 0.824. The van der Waals surface area contributed by atoms with E-state index in [9.17, 15) is 18.3 Å². The molecule has 0 aliphatic heterocycles. The summed E-state index contributed by atoms with van der Waals surface area (Å²) in [6, 6.07) is 1.80. The van der Waals surface area contributed by atoms with Crippen molar-refractivity contribution in [3.63, 3.8) is 0 Å². The highest BCUT2D eigenvalue weighted by Gasteiger charge is 2.40. The lowest BCUT2D eigenvalue weighted by atomic mass is 9.83. The van der Waals surface area contributed by atoms with E-state index in [4.69, 9.17) is 0 Å². The van der Waals surface area contributed by atoms with Crippen LogP contribution < -0.4 is 0 Å². The summed E-state index contributed by atoms with van der Waals surface area (Å²) in [4.78, 5) is 0. The summed E-state index contributed by atoms with van der Waals surface area (Å²) in [5, 5.41) is 10.1. The van der Waals surface area contributed by atoms with Crippen LogP contribution in [0.2, 0.25) is 0 Å². The van der Waals surface area contributed by atoms with Gasteiger partial charge in [-0.3, -0.25) is 0 Å². The first-order valence-electron chi connectivity index (χ1n) is 6.87. The minimum atomic E-state index is -1.48. The fourth-order valence-corrected chi connectivity index (χ4v) is 3.86. The van der Waals surface area contributed by atoms with Crippen LogP contribution in [0.5, 0.6) is 0 Å². The predicted molar refractivity (Wildman–Crippen MR) is 64.8 cm³/mol. The molecule has 0 amide bonds. The molecular weight excluding hydrogens is 253 g/mol. The molecule has 0 radical (unpaired) electrons. The van der Waals surface area contributed by atoms with Crippen LogP contribution in [0, 0.1) is 35.2 Å². The molecule has 4 heteroatoms. The predicted octanol–water partition coefficient (Wildman–Crippen LogP) is 3.96. The summed E-state index contributed by atoms with van der Waals surface area (Å²) in [5.74, 6) is -2.09. The van der Waals surface area contributed by atoms with Gasteiger partial charge in [-0.05, 0) is 61.1 Å². The van der Waals surface area contributed by atoms with Crippen molar-refractivity contribution >= 4 is 0 Å². The molecule has 3 rings (SSSR count). The van der Waals surface area contributed by atoms with Crippen LogP contribution in [-0.2, 0) is 0 Å². The van der Waals surface area contributed by atoms with Gasteiger partial charge in [-0.25, -0.2) is 13.2 Å². The summed E-state index contributed by atoms with van der Waals surface area (Å²) in [7, 11) is 0. The molecule has 4 atom stereocenters. The number of hydrogen-bond acceptors (Lipinski definition) is 1. The van der Waals surface area contributed by atoms with Crippen molar-refractivity contribution in [3.05, 3.63) is 35.1 Å². The van der Waals surface area contributed by atoms with Gasteiger partial charge in [0.05, 0.1) is 6.10 Å². The Morgan fingerprint density at radius 3 is 2.32 bits per heavy atom. The molecule has 1 nitrogen and oxygen atoms in total. The Labute approximate surface area is 110 Å². The Bertz CT molecular complexity index is 465. The average Bonchev–Trinajstić information content (AvgIpc) is 2.97. The highest BCUT2D eigenvalue weighted by Crippen LogP contribution is 2.50. The van der Waals surface area contributed by atoms with E-state index in [0.29, 0.717) is 18.3 Å². The van der Waals surface area contributed by atoms with Gasteiger partial charge in [0.2, 0.25) is 0 Å². The summed E-state index contributed by atoms with van der Waals surface area (Å²) < 4.78 is 39.1. The molecule has 0 aromatic heterocycles. The first-order valence-corrected chi connectivity index (χ1v) is 6.87. The van der Waals surface area contributed by atoms with Gasteiger partial charge in [0, 0.05) is 0 Å². The summed E-state index contributed by atoms with van der Waals surface area (Å²) in [6.45, 7) is 0. The van der Waals surface area contributed by atoms with Gasteiger partial charge in [-0.15, -0.1) is 0 Å². The molecule has 4 unspecified atom stereocenters. The molecule has 0 spiro atoms. The van der Waals surface area contributed by atoms with Crippen LogP contribution in [0.25, 0.3) is 0 Å². The van der Waals surface area contributed by atoms with Gasteiger partial charge >= 0.3 is 0 Å². The number of aliphatic hydroxyl groups excluding tert-OH is 1. The number of benzene rings is 1. The molecular formula is C15H17F3O. The maximum absolute atomic E-state index is 13.1. The fourth-order valence-electron chi connectivity index (χ4n) is 3.86. The Balaban J connectivity index is 1.72. The second-order valence-electron chi connectivity index (χ2n) is 5.98. The smallest absolute Gasteiger partial charge is 0.194 e. The van der Waals surface area contributed by atoms with Crippen molar-refractivity contribution in [2.24, 2.45) is 17.8 Å². The van der Waals surface area contributed by atoms with E-state index in [1.165, 1.54) is 19.3 Å². The molecule has 1 aromatic rings. The van der Waals surface area contributed by atoms with E-state index in [-0.39, 0.29) is 5.56 Å². The first kappa shape index (κ1) is 13.0. The molecule has 2 bridgehead atoms. The third-order valence-corrected chi connectivity index (χ3v) is 4.80. The highest BCUT2D eigenvalue weighted by atomic mass is 19.2. The molecule has 104 valence electrons. The van der Waals surface area contributed by atoms with E-state index in [1.807, 2.05) is 0 Å². The second-order valence-corrected chi connectivity index (χ2v) is 5.98. The molecule has 1 aromatic carbocycles. The van der Waals surface area contributed by atoms with Gasteiger partial charge in [-0.2, -0.15) is 0 Å². The lowest BCUT2D eigenvalue weighted by Crippen LogP contribution is -2.14. The molecule has 2 aliphatic carbocycles. The van der Waals surface area contributed by atoms with E-state index in [0.717, 1.165) is 24.5 Å². The van der Waals surface area contributed by atoms with Crippen molar-refractivity contribution in [1.82, 2.24) is 0 Å². The van der Waals surface area contributed by atoms with Crippen LogP contribution in [0.15, 0.2) is 12.1 Å². The zero-order chi connectivity index (χ0) is 13.6. The summed E-state index contributed by atoms with van der Waals surface area (Å²) in [5.41, 5.74) is 0.138. The standard InChI is InChI=1S/C15H17F3O/c16-12-5-11(6-13(17)15(12)18)14(19)7-10-4-8-1-2-9(10)3-8/h5-6,8-10,14,19H,1-4,7H2. The molecule has 0 saturated heterocycles. The minimum absolute atomic E-state index is 0.138. The average molecular weight is 270 g/mol. The summed E-state index contributed by atoms with van der Waals surface area (Å²) >= 11 is 0. The van der Waals surface area contributed by atoms with Crippen LogP contribution in [0.3, 0.4) is 0 Å².